The molecule has 0 aliphatic carbocycles. The molecular formula is C22H24N6O6S. The van der Waals surface area contributed by atoms with Gasteiger partial charge in [-0.3, -0.25) is 14.3 Å². The van der Waals surface area contributed by atoms with Crippen LogP contribution in [0.2, 0.25) is 0 Å². The van der Waals surface area contributed by atoms with Crippen molar-refractivity contribution in [3.05, 3.63) is 66.0 Å². The number of methoxy groups -OCH3 is 1. The number of fused-ring (bicyclic) bond motifs is 1. The van der Waals surface area contributed by atoms with Gasteiger partial charge in [0.1, 0.15) is 17.6 Å². The highest BCUT2D eigenvalue weighted by molar-refractivity contribution is 7.92. The van der Waals surface area contributed by atoms with Crippen LogP contribution in [0.15, 0.2) is 64.4 Å². The molecule has 1 atom stereocenters. The predicted octanol–water partition coefficient (Wildman–Crippen LogP) is 1.93. The largest absolute Gasteiger partial charge is 0.494 e. The van der Waals surface area contributed by atoms with Crippen LogP contribution in [-0.2, 0) is 26.2 Å². The number of aromatic nitrogens is 3. The standard InChI is InChI=1S/C22H24N6O6S/c1-14(29)25-21(23)16-11-24-27(13-16)12-15-8-9-17-20(10-15)34-26-22(17)35(30,31)28(33-3)18-6-4-5-7-19(18)32-2/h4-11,13,21H,12,23H2,1-3H3,(H,25,29). The second-order valence-electron chi connectivity index (χ2n) is 7.55. The van der Waals surface area contributed by atoms with Crippen molar-refractivity contribution in [1.29, 1.82) is 0 Å². The molecule has 0 saturated carbocycles. The fraction of sp³-hybridized carbons (Fsp3) is 0.227. The molecular weight excluding hydrogens is 476 g/mol. The number of para-hydroxylation sites is 2. The van der Waals surface area contributed by atoms with E-state index in [-0.39, 0.29) is 22.2 Å². The lowest BCUT2D eigenvalue weighted by Gasteiger charge is -2.21. The van der Waals surface area contributed by atoms with Crippen molar-refractivity contribution < 1.29 is 27.3 Å². The number of carbonyl (C=O) groups excluding carboxylic acids is 1. The third-order valence-corrected chi connectivity index (χ3v) is 6.69. The first-order valence-electron chi connectivity index (χ1n) is 10.4. The normalized spacial score (nSPS) is 12.5. The second kappa shape index (κ2) is 9.74. The van der Waals surface area contributed by atoms with E-state index in [1.54, 1.807) is 59.5 Å². The van der Waals surface area contributed by atoms with Gasteiger partial charge in [0.2, 0.25) is 10.9 Å². The van der Waals surface area contributed by atoms with Crippen molar-refractivity contribution in [3.8, 4) is 5.75 Å². The topological polar surface area (TPSA) is 155 Å². The average molecular weight is 501 g/mol. The summed E-state index contributed by atoms with van der Waals surface area (Å²) in [6, 6.07) is 11.6. The molecule has 2 aromatic carbocycles. The van der Waals surface area contributed by atoms with Gasteiger partial charge < -0.3 is 20.3 Å². The summed E-state index contributed by atoms with van der Waals surface area (Å²) in [7, 11) is -1.58. The molecule has 0 aliphatic heterocycles. The van der Waals surface area contributed by atoms with Gasteiger partial charge in [-0.15, -0.1) is 4.47 Å². The maximum Gasteiger partial charge on any atom is 0.308 e. The number of ether oxygens (including phenoxy) is 1. The molecule has 35 heavy (non-hydrogen) atoms. The molecule has 4 aromatic rings. The Labute approximate surface area is 201 Å². The summed E-state index contributed by atoms with van der Waals surface area (Å²) < 4.78 is 39.8. The number of hydrogen-bond acceptors (Lipinski definition) is 9. The van der Waals surface area contributed by atoms with Crippen molar-refractivity contribution in [2.24, 2.45) is 5.73 Å². The maximum absolute atomic E-state index is 13.4. The Morgan fingerprint density at radius 1 is 1.26 bits per heavy atom. The number of nitrogens with two attached hydrogens (primary N) is 1. The summed E-state index contributed by atoms with van der Waals surface area (Å²) >= 11 is 0. The van der Waals surface area contributed by atoms with E-state index in [1.807, 2.05) is 0 Å². The lowest BCUT2D eigenvalue weighted by molar-refractivity contribution is -0.119. The zero-order valence-corrected chi connectivity index (χ0v) is 20.0. The number of amides is 1. The van der Waals surface area contributed by atoms with Gasteiger partial charge in [0.05, 0.1) is 32.3 Å². The van der Waals surface area contributed by atoms with E-state index in [2.05, 4.69) is 15.6 Å². The minimum absolute atomic E-state index is 0.192. The molecule has 0 aliphatic rings. The highest BCUT2D eigenvalue weighted by atomic mass is 32.2. The van der Waals surface area contributed by atoms with Gasteiger partial charge in [-0.2, -0.15) is 13.5 Å². The van der Waals surface area contributed by atoms with Crippen LogP contribution in [0.4, 0.5) is 5.69 Å². The van der Waals surface area contributed by atoms with E-state index in [1.165, 1.54) is 21.1 Å². The van der Waals surface area contributed by atoms with E-state index >= 15 is 0 Å². The van der Waals surface area contributed by atoms with E-state index < -0.39 is 16.2 Å². The Morgan fingerprint density at radius 3 is 2.74 bits per heavy atom. The fourth-order valence-corrected chi connectivity index (χ4v) is 4.89. The number of nitrogens with zero attached hydrogens (tertiary/aromatic N) is 4. The molecule has 3 N–H and O–H groups in total. The third-order valence-electron chi connectivity index (χ3n) is 5.13. The Balaban J connectivity index is 1.61. The van der Waals surface area contributed by atoms with Crippen LogP contribution in [-0.4, -0.2) is 43.5 Å². The van der Waals surface area contributed by atoms with Crippen molar-refractivity contribution in [2.45, 2.75) is 24.7 Å². The highest BCUT2D eigenvalue weighted by Crippen LogP contribution is 2.34. The summed E-state index contributed by atoms with van der Waals surface area (Å²) in [5.41, 5.74) is 7.83. The predicted molar refractivity (Wildman–Crippen MR) is 126 cm³/mol. The number of anilines is 1. The van der Waals surface area contributed by atoms with Gasteiger partial charge >= 0.3 is 10.0 Å². The molecule has 0 bridgehead atoms. The van der Waals surface area contributed by atoms with Gasteiger partial charge in [-0.1, -0.05) is 23.4 Å². The van der Waals surface area contributed by atoms with E-state index in [4.69, 9.17) is 19.8 Å². The van der Waals surface area contributed by atoms with Gasteiger partial charge in [-0.05, 0) is 29.8 Å². The molecule has 12 nitrogen and oxygen atoms in total. The van der Waals surface area contributed by atoms with Crippen LogP contribution < -0.4 is 20.3 Å². The zero-order chi connectivity index (χ0) is 25.2. The first-order valence-corrected chi connectivity index (χ1v) is 11.8. The summed E-state index contributed by atoms with van der Waals surface area (Å²) in [5.74, 6) is 0.0642. The molecule has 1 amide bonds. The van der Waals surface area contributed by atoms with E-state index in [9.17, 15) is 13.2 Å². The lowest BCUT2D eigenvalue weighted by atomic mass is 10.2. The Bertz CT molecular complexity index is 1460. The monoisotopic (exact) mass is 500 g/mol. The summed E-state index contributed by atoms with van der Waals surface area (Å²) in [6.07, 6.45) is 2.61. The van der Waals surface area contributed by atoms with E-state index in [0.717, 1.165) is 10.0 Å². The van der Waals surface area contributed by atoms with Crippen LogP contribution in [0.5, 0.6) is 5.75 Å². The minimum Gasteiger partial charge on any atom is -0.494 e. The lowest BCUT2D eigenvalue weighted by Crippen LogP contribution is -2.31. The third kappa shape index (κ3) is 4.82. The average Bonchev–Trinajstić information content (AvgIpc) is 3.46. The molecule has 13 heteroatoms. The van der Waals surface area contributed by atoms with E-state index in [0.29, 0.717) is 23.2 Å². The summed E-state index contributed by atoms with van der Waals surface area (Å²) in [5, 5.41) is 10.7. The molecule has 0 spiro atoms. The Morgan fingerprint density at radius 2 is 2.03 bits per heavy atom. The molecule has 0 saturated heterocycles. The number of nitrogens with one attached hydrogen (secondary N) is 1. The number of carbonyl (C=O) groups is 1. The zero-order valence-electron chi connectivity index (χ0n) is 19.2. The number of hydrogen-bond donors (Lipinski definition) is 2. The van der Waals surface area contributed by atoms with Crippen LogP contribution in [0, 0.1) is 0 Å². The van der Waals surface area contributed by atoms with Gasteiger partial charge in [0.25, 0.3) is 0 Å². The van der Waals surface area contributed by atoms with Crippen molar-refractivity contribution >= 4 is 32.6 Å². The molecule has 2 aromatic heterocycles. The van der Waals surface area contributed by atoms with Crippen molar-refractivity contribution in [2.75, 3.05) is 18.7 Å². The van der Waals surface area contributed by atoms with Crippen LogP contribution >= 0.6 is 0 Å². The summed E-state index contributed by atoms with van der Waals surface area (Å²) in [6.45, 7) is 1.74. The van der Waals surface area contributed by atoms with Crippen LogP contribution in [0.25, 0.3) is 11.0 Å². The molecule has 2 heterocycles. The number of sulfonamides is 1. The highest BCUT2D eigenvalue weighted by Gasteiger charge is 2.33. The molecule has 1 unspecified atom stereocenters. The van der Waals surface area contributed by atoms with Crippen molar-refractivity contribution in [3.63, 3.8) is 0 Å². The maximum atomic E-state index is 13.4. The molecule has 4 rings (SSSR count). The number of rotatable bonds is 9. The quantitative estimate of drug-likeness (QED) is 0.259. The molecule has 0 fully saturated rings. The van der Waals surface area contributed by atoms with Crippen LogP contribution in [0.3, 0.4) is 0 Å². The molecule has 0 radical (unpaired) electrons. The van der Waals surface area contributed by atoms with Gasteiger partial charge in [0.15, 0.2) is 5.58 Å². The SMILES string of the molecule is COc1ccccc1N(OC)S(=O)(=O)c1noc2cc(Cn3cc(C(N)NC(C)=O)cn3)ccc12. The Hall–Kier alpha value is -3.94. The first-order chi connectivity index (χ1) is 16.7. The minimum atomic E-state index is -4.25. The Kier molecular flexibility index (Phi) is 6.73. The number of benzene rings is 2. The summed E-state index contributed by atoms with van der Waals surface area (Å²) in [4.78, 5) is 16.4. The van der Waals surface area contributed by atoms with Gasteiger partial charge in [0, 0.05) is 18.7 Å². The van der Waals surface area contributed by atoms with Crippen molar-refractivity contribution in [1.82, 2.24) is 20.3 Å². The molecule has 184 valence electrons. The van der Waals surface area contributed by atoms with Gasteiger partial charge in [-0.25, -0.2) is 0 Å². The fourth-order valence-electron chi connectivity index (χ4n) is 3.54. The second-order valence-corrected chi connectivity index (χ2v) is 9.22. The first kappa shape index (κ1) is 24.2. The van der Waals surface area contributed by atoms with Crippen LogP contribution in [0.1, 0.15) is 24.2 Å². The smallest absolute Gasteiger partial charge is 0.308 e.